The maximum absolute atomic E-state index is 11.8. The van der Waals surface area contributed by atoms with Gasteiger partial charge in [-0.05, 0) is 47.7 Å². The van der Waals surface area contributed by atoms with E-state index in [1.807, 2.05) is 25.1 Å². The molecule has 0 aliphatic heterocycles. The van der Waals surface area contributed by atoms with Crippen LogP contribution in [0.25, 0.3) is 11.0 Å². The zero-order valence-corrected chi connectivity index (χ0v) is 13.9. The Balaban J connectivity index is 1.94. The topological polar surface area (TPSA) is 62.5 Å². The Morgan fingerprint density at radius 3 is 2.42 bits per heavy atom. The molecule has 3 rings (SSSR count). The van der Waals surface area contributed by atoms with Crippen LogP contribution in [0, 0.1) is 0 Å². The number of nitrogens with one attached hydrogen (secondary N) is 1. The molecular weight excluding hydrogens is 302 g/mol. The Morgan fingerprint density at radius 2 is 1.75 bits per heavy atom. The van der Waals surface area contributed by atoms with E-state index in [2.05, 4.69) is 24.4 Å². The van der Waals surface area contributed by atoms with E-state index in [0.29, 0.717) is 18.5 Å². The van der Waals surface area contributed by atoms with Crippen LogP contribution in [0.1, 0.15) is 30.5 Å². The van der Waals surface area contributed by atoms with Crippen molar-refractivity contribution in [2.75, 3.05) is 5.32 Å². The van der Waals surface area contributed by atoms with Gasteiger partial charge in [0.1, 0.15) is 11.3 Å². The quantitative estimate of drug-likeness (QED) is 0.690. The van der Waals surface area contributed by atoms with E-state index in [-0.39, 0.29) is 5.75 Å². The molecule has 0 aliphatic carbocycles. The van der Waals surface area contributed by atoms with Crippen LogP contribution in [0.3, 0.4) is 0 Å². The summed E-state index contributed by atoms with van der Waals surface area (Å²) in [5.74, 6) is 0.161. The second-order valence-corrected chi connectivity index (χ2v) is 5.83. The number of aromatic hydroxyl groups is 1. The zero-order valence-electron chi connectivity index (χ0n) is 13.9. The first-order valence-electron chi connectivity index (χ1n) is 8.22. The van der Waals surface area contributed by atoms with Gasteiger partial charge in [0.05, 0.1) is 0 Å². The van der Waals surface area contributed by atoms with Gasteiger partial charge in [0, 0.05) is 29.8 Å². The molecule has 124 valence electrons. The number of benzene rings is 2. The number of phenols is 1. The van der Waals surface area contributed by atoms with Crippen molar-refractivity contribution in [1.29, 1.82) is 0 Å². The van der Waals surface area contributed by atoms with Gasteiger partial charge in [-0.1, -0.05) is 26.0 Å². The molecule has 2 aromatic carbocycles. The molecule has 4 heteroatoms. The van der Waals surface area contributed by atoms with Gasteiger partial charge >= 0.3 is 5.63 Å². The minimum atomic E-state index is -0.413. The Hall–Kier alpha value is -2.75. The van der Waals surface area contributed by atoms with Crippen LogP contribution in [0.15, 0.2) is 51.7 Å². The maximum Gasteiger partial charge on any atom is 0.336 e. The molecule has 1 heterocycles. The first kappa shape index (κ1) is 16.1. The number of phenolic OH excluding ortho intramolecular Hbond substituents is 1. The summed E-state index contributed by atoms with van der Waals surface area (Å²) in [4.78, 5) is 11.8. The van der Waals surface area contributed by atoms with Crippen molar-refractivity contribution in [2.45, 2.75) is 33.2 Å². The minimum Gasteiger partial charge on any atom is -0.508 e. The molecular formula is C20H21NO3. The molecule has 2 N–H and O–H groups in total. The predicted molar refractivity (Wildman–Crippen MR) is 96.7 cm³/mol. The first-order valence-corrected chi connectivity index (χ1v) is 8.22. The average Bonchev–Trinajstić information content (AvgIpc) is 2.59. The molecule has 0 bridgehead atoms. The molecule has 0 aliphatic rings. The lowest BCUT2D eigenvalue weighted by Gasteiger charge is -2.11. The van der Waals surface area contributed by atoms with Crippen molar-refractivity contribution in [3.63, 3.8) is 0 Å². The molecule has 24 heavy (non-hydrogen) atoms. The largest absolute Gasteiger partial charge is 0.508 e. The van der Waals surface area contributed by atoms with E-state index in [1.54, 1.807) is 0 Å². The SMILES string of the molecule is CCc1ccc(NCc2cc(=O)oc3cc(O)c(CC)cc23)cc1. The van der Waals surface area contributed by atoms with Gasteiger partial charge in [0.15, 0.2) is 0 Å². The van der Waals surface area contributed by atoms with E-state index in [4.69, 9.17) is 4.42 Å². The number of hydrogen-bond donors (Lipinski definition) is 2. The van der Waals surface area contributed by atoms with Gasteiger partial charge in [-0.25, -0.2) is 4.79 Å². The van der Waals surface area contributed by atoms with E-state index in [0.717, 1.165) is 28.6 Å². The van der Waals surface area contributed by atoms with Crippen LogP contribution in [0.2, 0.25) is 0 Å². The van der Waals surface area contributed by atoms with Gasteiger partial charge in [0.2, 0.25) is 0 Å². The van der Waals surface area contributed by atoms with E-state index >= 15 is 0 Å². The predicted octanol–water partition coefficient (Wildman–Crippen LogP) is 4.24. The normalized spacial score (nSPS) is 10.9. The lowest BCUT2D eigenvalue weighted by atomic mass is 10.0. The van der Waals surface area contributed by atoms with Crippen LogP contribution in [-0.4, -0.2) is 5.11 Å². The van der Waals surface area contributed by atoms with Gasteiger partial charge in [-0.3, -0.25) is 0 Å². The van der Waals surface area contributed by atoms with Crippen LogP contribution in [0.4, 0.5) is 5.69 Å². The Bertz CT molecular complexity index is 911. The molecule has 0 spiro atoms. The molecule has 4 nitrogen and oxygen atoms in total. The number of rotatable bonds is 5. The molecule has 3 aromatic rings. The summed E-state index contributed by atoms with van der Waals surface area (Å²) in [5, 5.41) is 14.2. The monoisotopic (exact) mass is 323 g/mol. The van der Waals surface area contributed by atoms with Crippen LogP contribution >= 0.6 is 0 Å². The lowest BCUT2D eigenvalue weighted by molar-refractivity contribution is 0.466. The second-order valence-electron chi connectivity index (χ2n) is 5.83. The summed E-state index contributed by atoms with van der Waals surface area (Å²) in [7, 11) is 0. The third-order valence-corrected chi connectivity index (χ3v) is 4.26. The van der Waals surface area contributed by atoms with Crippen LogP contribution < -0.4 is 10.9 Å². The maximum atomic E-state index is 11.8. The highest BCUT2D eigenvalue weighted by molar-refractivity contribution is 5.83. The summed E-state index contributed by atoms with van der Waals surface area (Å²) in [5.41, 5.74) is 3.98. The van der Waals surface area contributed by atoms with E-state index in [1.165, 1.54) is 17.7 Å². The molecule has 0 unspecified atom stereocenters. The smallest absolute Gasteiger partial charge is 0.336 e. The molecule has 0 atom stereocenters. The van der Waals surface area contributed by atoms with Gasteiger partial charge < -0.3 is 14.8 Å². The van der Waals surface area contributed by atoms with Crippen molar-refractivity contribution in [3.05, 3.63) is 69.6 Å². The summed E-state index contributed by atoms with van der Waals surface area (Å²) in [6.45, 7) is 4.62. The fraction of sp³-hybridized carbons (Fsp3) is 0.250. The van der Waals surface area contributed by atoms with E-state index in [9.17, 15) is 9.90 Å². The lowest BCUT2D eigenvalue weighted by Crippen LogP contribution is -2.06. The van der Waals surface area contributed by atoms with Crippen molar-refractivity contribution < 1.29 is 9.52 Å². The van der Waals surface area contributed by atoms with Crippen LogP contribution in [-0.2, 0) is 19.4 Å². The second kappa shape index (κ2) is 6.79. The van der Waals surface area contributed by atoms with Crippen molar-refractivity contribution in [1.82, 2.24) is 0 Å². The third kappa shape index (κ3) is 3.27. The van der Waals surface area contributed by atoms with Crippen molar-refractivity contribution in [2.24, 2.45) is 0 Å². The molecule has 1 aromatic heterocycles. The highest BCUT2D eigenvalue weighted by atomic mass is 16.4. The Labute approximate surface area is 140 Å². The fourth-order valence-electron chi connectivity index (χ4n) is 2.79. The molecule has 0 saturated heterocycles. The Kier molecular flexibility index (Phi) is 4.56. The number of fused-ring (bicyclic) bond motifs is 1. The van der Waals surface area contributed by atoms with Crippen molar-refractivity contribution in [3.8, 4) is 5.75 Å². The average molecular weight is 323 g/mol. The molecule has 0 amide bonds. The Morgan fingerprint density at radius 1 is 1.00 bits per heavy atom. The number of anilines is 1. The summed E-state index contributed by atoms with van der Waals surface area (Å²) >= 11 is 0. The first-order chi connectivity index (χ1) is 11.6. The van der Waals surface area contributed by atoms with Crippen LogP contribution in [0.5, 0.6) is 5.75 Å². The standard InChI is InChI=1S/C20H21NO3/c1-3-13-5-7-16(8-6-13)21-12-15-10-20(23)24-19-11-18(22)14(4-2)9-17(15)19/h5-11,21-22H,3-4,12H2,1-2H3. The number of hydrogen-bond acceptors (Lipinski definition) is 4. The summed E-state index contributed by atoms with van der Waals surface area (Å²) in [6, 6.07) is 13.2. The highest BCUT2D eigenvalue weighted by Gasteiger charge is 2.10. The zero-order chi connectivity index (χ0) is 17.1. The highest BCUT2D eigenvalue weighted by Crippen LogP contribution is 2.27. The summed E-state index contributed by atoms with van der Waals surface area (Å²) < 4.78 is 5.22. The molecule has 0 fully saturated rings. The molecule has 0 saturated carbocycles. The fourth-order valence-corrected chi connectivity index (χ4v) is 2.79. The minimum absolute atomic E-state index is 0.161. The summed E-state index contributed by atoms with van der Waals surface area (Å²) in [6.07, 6.45) is 1.72. The van der Waals surface area contributed by atoms with Gasteiger partial charge in [-0.15, -0.1) is 0 Å². The third-order valence-electron chi connectivity index (χ3n) is 4.26. The van der Waals surface area contributed by atoms with E-state index < -0.39 is 5.63 Å². The van der Waals surface area contributed by atoms with Crippen molar-refractivity contribution >= 4 is 16.7 Å². The number of aryl methyl sites for hydroxylation is 2. The molecule has 0 radical (unpaired) electrons. The van der Waals surface area contributed by atoms with Gasteiger partial charge in [-0.2, -0.15) is 0 Å². The van der Waals surface area contributed by atoms with Gasteiger partial charge in [0.25, 0.3) is 0 Å².